The van der Waals surface area contributed by atoms with Gasteiger partial charge in [0.25, 0.3) is 0 Å². The first-order valence-electron chi connectivity index (χ1n) is 10.5. The Bertz CT molecular complexity index is 1180. The Morgan fingerprint density at radius 3 is 2.62 bits per heavy atom. The normalized spacial score (nSPS) is 22.2. The Hall–Kier alpha value is -1.78. The largest absolute Gasteiger partial charge is 0.384 e. The monoisotopic (exact) mass is 493 g/mol. The summed E-state index contributed by atoms with van der Waals surface area (Å²) in [4.78, 5) is 17.1. The van der Waals surface area contributed by atoms with E-state index in [9.17, 15) is 0 Å². The number of nitrogens with zero attached hydrogens (tertiary/aromatic N) is 5. The first kappa shape index (κ1) is 22.0. The van der Waals surface area contributed by atoms with E-state index in [0.29, 0.717) is 22.3 Å². The van der Waals surface area contributed by atoms with E-state index in [1.807, 2.05) is 16.8 Å². The van der Waals surface area contributed by atoms with Crippen molar-refractivity contribution in [3.05, 3.63) is 34.8 Å². The molecule has 3 aromatic heterocycles. The molecule has 8 nitrogen and oxygen atoms in total. The molecule has 2 saturated heterocycles. The summed E-state index contributed by atoms with van der Waals surface area (Å²) in [5, 5.41) is 0.535. The van der Waals surface area contributed by atoms with Gasteiger partial charge in [0.1, 0.15) is 5.82 Å². The molecule has 1 unspecified atom stereocenters. The van der Waals surface area contributed by atoms with Crippen LogP contribution < -0.4 is 16.4 Å². The molecule has 0 amide bonds. The third kappa shape index (κ3) is 3.60. The summed E-state index contributed by atoms with van der Waals surface area (Å²) in [5.41, 5.74) is 13.0. The van der Waals surface area contributed by atoms with Crippen molar-refractivity contribution in [2.24, 2.45) is 11.1 Å². The Morgan fingerprint density at radius 2 is 1.94 bits per heavy atom. The number of halogens is 2. The molecule has 3 aromatic rings. The number of hydrogen-bond acceptors (Lipinski definition) is 8. The lowest BCUT2D eigenvalue weighted by molar-refractivity contribution is -0.0236. The standard InChI is InChI=1S/C21H25Cl2N7OS/c1-20(2)11-31-21(18(20)25)3-6-29(7-4-21)19-27-10-13(17-26-5-8-30(17)19)32-12-9-14(24)28-16(23)15(12)22/h5,8-10,18H,3-4,6-7,11,25H2,1-2H3,(H2,24,28). The fraction of sp³-hybridized carbons (Fsp3) is 0.476. The zero-order chi connectivity index (χ0) is 22.7. The van der Waals surface area contributed by atoms with Crippen molar-refractivity contribution < 1.29 is 4.74 Å². The molecule has 0 saturated carbocycles. The van der Waals surface area contributed by atoms with Gasteiger partial charge < -0.3 is 21.1 Å². The average Bonchev–Trinajstić information content (AvgIpc) is 3.33. The van der Waals surface area contributed by atoms with E-state index in [1.54, 1.807) is 12.3 Å². The van der Waals surface area contributed by atoms with Crippen LogP contribution in [0.4, 0.5) is 11.8 Å². The number of aromatic nitrogens is 4. The Kier molecular flexibility index (Phi) is 5.45. The molecule has 0 aromatic carbocycles. The molecule has 4 N–H and O–H groups in total. The van der Waals surface area contributed by atoms with Crippen molar-refractivity contribution in [1.82, 2.24) is 19.4 Å². The van der Waals surface area contributed by atoms with Crippen molar-refractivity contribution in [3.63, 3.8) is 0 Å². The topological polar surface area (TPSA) is 108 Å². The minimum absolute atomic E-state index is 0.00255. The Morgan fingerprint density at radius 1 is 1.19 bits per heavy atom. The molecule has 1 spiro atoms. The van der Waals surface area contributed by atoms with Gasteiger partial charge in [0, 0.05) is 48.0 Å². The molecule has 1 atom stereocenters. The quantitative estimate of drug-likeness (QED) is 0.529. The number of ether oxygens (including phenoxy) is 1. The fourth-order valence-electron chi connectivity index (χ4n) is 4.64. The molecule has 5 heterocycles. The summed E-state index contributed by atoms with van der Waals surface area (Å²) in [5.74, 6) is 1.16. The van der Waals surface area contributed by atoms with Crippen molar-refractivity contribution >= 4 is 52.4 Å². The SMILES string of the molecule is CC1(C)COC2(CCN(c3ncc(Sc4cc(N)nc(Cl)c4Cl)c4nccn34)CC2)C1N. The van der Waals surface area contributed by atoms with Crippen LogP contribution in [0.15, 0.2) is 34.4 Å². The van der Waals surface area contributed by atoms with Gasteiger partial charge in [-0.15, -0.1) is 0 Å². The molecule has 0 bridgehead atoms. The van der Waals surface area contributed by atoms with Crippen molar-refractivity contribution in [3.8, 4) is 0 Å². The second kappa shape index (κ2) is 7.92. The molecule has 2 aliphatic rings. The number of fused-ring (bicyclic) bond motifs is 1. The summed E-state index contributed by atoms with van der Waals surface area (Å²) in [7, 11) is 0. The summed E-state index contributed by atoms with van der Waals surface area (Å²) < 4.78 is 8.25. The van der Waals surface area contributed by atoms with Crippen LogP contribution in [0.2, 0.25) is 10.2 Å². The molecule has 11 heteroatoms. The molecular formula is C21H25Cl2N7OS. The van der Waals surface area contributed by atoms with Crippen molar-refractivity contribution in [1.29, 1.82) is 0 Å². The van der Waals surface area contributed by atoms with E-state index >= 15 is 0 Å². The molecule has 5 rings (SSSR count). The van der Waals surface area contributed by atoms with Crippen LogP contribution >= 0.6 is 35.0 Å². The number of nitrogens with two attached hydrogens (primary N) is 2. The highest BCUT2D eigenvalue weighted by atomic mass is 35.5. The third-order valence-electron chi connectivity index (χ3n) is 6.53. The first-order chi connectivity index (χ1) is 15.2. The summed E-state index contributed by atoms with van der Waals surface area (Å²) in [6.45, 7) is 6.71. The molecular weight excluding hydrogens is 469 g/mol. The average molecular weight is 494 g/mol. The lowest BCUT2D eigenvalue weighted by Crippen LogP contribution is -2.56. The van der Waals surface area contributed by atoms with E-state index in [-0.39, 0.29) is 22.2 Å². The summed E-state index contributed by atoms with van der Waals surface area (Å²) in [6.07, 6.45) is 7.24. The van der Waals surface area contributed by atoms with Gasteiger partial charge >= 0.3 is 0 Å². The van der Waals surface area contributed by atoms with Crippen LogP contribution in [-0.2, 0) is 4.74 Å². The van der Waals surface area contributed by atoms with Gasteiger partial charge in [-0.1, -0.05) is 48.8 Å². The van der Waals surface area contributed by atoms with E-state index in [1.165, 1.54) is 11.8 Å². The summed E-state index contributed by atoms with van der Waals surface area (Å²) >= 11 is 13.8. The van der Waals surface area contributed by atoms with Gasteiger partial charge in [0.2, 0.25) is 5.95 Å². The van der Waals surface area contributed by atoms with Gasteiger partial charge in [-0.3, -0.25) is 4.40 Å². The number of rotatable bonds is 3. The predicted octanol–water partition coefficient (Wildman–Crippen LogP) is 3.89. The minimum Gasteiger partial charge on any atom is -0.384 e. The second-order valence-electron chi connectivity index (χ2n) is 9.10. The van der Waals surface area contributed by atoms with Gasteiger partial charge in [-0.25, -0.2) is 15.0 Å². The highest BCUT2D eigenvalue weighted by Gasteiger charge is 2.53. The molecule has 2 fully saturated rings. The molecule has 0 aliphatic carbocycles. The van der Waals surface area contributed by atoms with Crippen LogP contribution in [0.25, 0.3) is 5.65 Å². The van der Waals surface area contributed by atoms with Crippen LogP contribution in [0.5, 0.6) is 0 Å². The Labute approximate surface area is 200 Å². The maximum atomic E-state index is 6.60. The summed E-state index contributed by atoms with van der Waals surface area (Å²) in [6, 6.07) is 1.73. The van der Waals surface area contributed by atoms with E-state index in [2.05, 4.69) is 28.7 Å². The second-order valence-corrected chi connectivity index (χ2v) is 10.9. The number of nitrogen functional groups attached to an aromatic ring is 1. The van der Waals surface area contributed by atoms with E-state index in [0.717, 1.165) is 42.4 Å². The molecule has 2 aliphatic heterocycles. The number of anilines is 2. The van der Waals surface area contributed by atoms with Crippen LogP contribution in [0.1, 0.15) is 26.7 Å². The Balaban J connectivity index is 1.41. The first-order valence-corrected chi connectivity index (χ1v) is 12.0. The zero-order valence-corrected chi connectivity index (χ0v) is 20.2. The maximum Gasteiger partial charge on any atom is 0.211 e. The lowest BCUT2D eigenvalue weighted by Gasteiger charge is -2.42. The minimum atomic E-state index is -0.249. The van der Waals surface area contributed by atoms with Gasteiger partial charge in [-0.2, -0.15) is 0 Å². The van der Waals surface area contributed by atoms with E-state index < -0.39 is 0 Å². The number of hydrogen-bond donors (Lipinski definition) is 2. The van der Waals surface area contributed by atoms with Gasteiger partial charge in [0.05, 0.1) is 22.1 Å². The number of pyridine rings is 1. The highest BCUT2D eigenvalue weighted by molar-refractivity contribution is 7.99. The maximum absolute atomic E-state index is 6.60. The fourth-order valence-corrected chi connectivity index (χ4v) is 6.06. The van der Waals surface area contributed by atoms with Crippen LogP contribution in [-0.4, -0.2) is 50.7 Å². The molecule has 32 heavy (non-hydrogen) atoms. The molecule has 170 valence electrons. The van der Waals surface area contributed by atoms with Gasteiger partial charge in [-0.05, 0) is 18.9 Å². The van der Waals surface area contributed by atoms with Crippen LogP contribution in [0.3, 0.4) is 0 Å². The lowest BCUT2D eigenvalue weighted by atomic mass is 9.75. The highest BCUT2D eigenvalue weighted by Crippen LogP contribution is 2.44. The third-order valence-corrected chi connectivity index (χ3v) is 8.45. The number of piperidine rings is 1. The van der Waals surface area contributed by atoms with Crippen molar-refractivity contribution in [2.45, 2.75) is 48.1 Å². The van der Waals surface area contributed by atoms with E-state index in [4.69, 9.17) is 44.4 Å². The van der Waals surface area contributed by atoms with Crippen LogP contribution in [0, 0.1) is 5.41 Å². The zero-order valence-electron chi connectivity index (χ0n) is 17.9. The van der Waals surface area contributed by atoms with Gasteiger partial charge in [0.15, 0.2) is 10.8 Å². The smallest absolute Gasteiger partial charge is 0.211 e. The number of imidazole rings is 1. The molecule has 0 radical (unpaired) electrons. The predicted molar refractivity (Wildman–Crippen MR) is 128 cm³/mol. The van der Waals surface area contributed by atoms with Crippen molar-refractivity contribution in [2.75, 3.05) is 30.3 Å².